The van der Waals surface area contributed by atoms with Crippen LogP contribution >= 0.6 is 0 Å². The van der Waals surface area contributed by atoms with Crippen LogP contribution in [0.5, 0.6) is 5.75 Å². The van der Waals surface area contributed by atoms with E-state index in [9.17, 15) is 18.3 Å². The van der Waals surface area contributed by atoms with Gasteiger partial charge < -0.3 is 16.2 Å². The van der Waals surface area contributed by atoms with E-state index in [1.54, 1.807) is 0 Å². The smallest absolute Gasteiger partial charge is 0.258 e. The lowest BCUT2D eigenvalue weighted by Crippen LogP contribution is -2.47. The molecule has 0 aliphatic carbocycles. The molecule has 1 saturated heterocycles. The highest BCUT2D eigenvalue weighted by molar-refractivity contribution is 5.57. The lowest BCUT2D eigenvalue weighted by atomic mass is 10.0. The van der Waals surface area contributed by atoms with Crippen LogP contribution in [0.1, 0.15) is 11.6 Å². The van der Waals surface area contributed by atoms with Gasteiger partial charge in [-0.3, -0.25) is 4.90 Å². The molecule has 1 fully saturated rings. The van der Waals surface area contributed by atoms with Crippen molar-refractivity contribution in [3.63, 3.8) is 0 Å². The van der Waals surface area contributed by atoms with Gasteiger partial charge in [-0.25, -0.2) is 13.2 Å². The minimum absolute atomic E-state index is 0.158. The third-order valence-corrected chi connectivity index (χ3v) is 3.24. The Hall–Kier alpha value is -1.47. The van der Waals surface area contributed by atoms with Crippen LogP contribution in [0, 0.1) is 5.82 Å². The van der Waals surface area contributed by atoms with Gasteiger partial charge in [-0.05, 0) is 6.07 Å². The molecule has 7 heteroatoms. The van der Waals surface area contributed by atoms with Crippen molar-refractivity contribution in [1.29, 1.82) is 0 Å². The van der Waals surface area contributed by atoms with Crippen LogP contribution in [-0.2, 0) is 0 Å². The standard InChI is InChI=1S/C12H16F3N3O/c13-7-5-8(11(19)9(16)6-7)10(12(14)15)18-3-1-17-2-4-18/h5-6,10,12,17,19H,1-4,16H2/t10-/m0/s1. The molecule has 0 bridgehead atoms. The Morgan fingerprint density at radius 3 is 2.47 bits per heavy atom. The zero-order valence-electron chi connectivity index (χ0n) is 10.2. The van der Waals surface area contributed by atoms with Gasteiger partial charge in [0.05, 0.1) is 5.69 Å². The summed E-state index contributed by atoms with van der Waals surface area (Å²) in [6.07, 6.45) is -2.73. The molecule has 0 aromatic heterocycles. The molecule has 1 aromatic carbocycles. The van der Waals surface area contributed by atoms with Crippen LogP contribution in [0.2, 0.25) is 0 Å². The summed E-state index contributed by atoms with van der Waals surface area (Å²) in [5.41, 5.74) is 5.04. The fourth-order valence-electron chi connectivity index (χ4n) is 2.32. The number of nitrogens with two attached hydrogens (primary N) is 1. The largest absolute Gasteiger partial charge is 0.505 e. The van der Waals surface area contributed by atoms with Crippen molar-refractivity contribution in [3.05, 3.63) is 23.5 Å². The number of piperazine rings is 1. The molecule has 1 heterocycles. The maximum Gasteiger partial charge on any atom is 0.258 e. The first-order valence-electron chi connectivity index (χ1n) is 6.01. The topological polar surface area (TPSA) is 61.5 Å². The Labute approximate surface area is 109 Å². The van der Waals surface area contributed by atoms with Crippen molar-refractivity contribution in [2.75, 3.05) is 31.9 Å². The van der Waals surface area contributed by atoms with E-state index in [2.05, 4.69) is 5.32 Å². The van der Waals surface area contributed by atoms with Crippen LogP contribution < -0.4 is 11.1 Å². The van der Waals surface area contributed by atoms with E-state index < -0.39 is 24.0 Å². The number of phenolic OH excluding ortho intramolecular Hbond substituents is 1. The van der Waals surface area contributed by atoms with E-state index >= 15 is 0 Å². The minimum Gasteiger partial charge on any atom is -0.505 e. The van der Waals surface area contributed by atoms with Crippen molar-refractivity contribution in [2.24, 2.45) is 0 Å². The maximum atomic E-state index is 13.3. The molecule has 1 atom stereocenters. The van der Waals surface area contributed by atoms with E-state index in [0.717, 1.165) is 12.1 Å². The van der Waals surface area contributed by atoms with Crippen LogP contribution in [-0.4, -0.2) is 42.6 Å². The number of nitrogens with one attached hydrogen (secondary N) is 1. The number of nitrogen functional groups attached to an aromatic ring is 1. The summed E-state index contributed by atoms with van der Waals surface area (Å²) in [5.74, 6) is -1.20. The van der Waals surface area contributed by atoms with Crippen LogP contribution in [0.15, 0.2) is 12.1 Å². The molecule has 1 aromatic rings. The summed E-state index contributed by atoms with van der Waals surface area (Å²) in [6, 6.07) is 0.490. The van der Waals surface area contributed by atoms with Crippen LogP contribution in [0.4, 0.5) is 18.9 Å². The summed E-state index contributed by atoms with van der Waals surface area (Å²) >= 11 is 0. The highest BCUT2D eigenvalue weighted by Gasteiger charge is 2.33. The number of aromatic hydroxyl groups is 1. The van der Waals surface area contributed by atoms with Crippen LogP contribution in [0.25, 0.3) is 0 Å². The number of halogens is 3. The zero-order chi connectivity index (χ0) is 14.0. The summed E-state index contributed by atoms with van der Waals surface area (Å²) in [6.45, 7) is 1.97. The minimum atomic E-state index is -2.73. The summed E-state index contributed by atoms with van der Waals surface area (Å²) < 4.78 is 39.9. The van der Waals surface area contributed by atoms with Gasteiger partial charge in [-0.1, -0.05) is 0 Å². The number of anilines is 1. The van der Waals surface area contributed by atoms with Crippen molar-refractivity contribution >= 4 is 5.69 Å². The second kappa shape index (κ2) is 5.66. The molecule has 0 unspecified atom stereocenters. The van der Waals surface area contributed by atoms with Gasteiger partial charge in [0.1, 0.15) is 17.6 Å². The maximum absolute atomic E-state index is 13.3. The molecule has 1 aliphatic rings. The second-order valence-corrected chi connectivity index (χ2v) is 4.50. The van der Waals surface area contributed by atoms with E-state index in [-0.39, 0.29) is 11.3 Å². The van der Waals surface area contributed by atoms with E-state index in [1.165, 1.54) is 4.90 Å². The predicted molar refractivity (Wildman–Crippen MR) is 65.7 cm³/mol. The number of hydrogen-bond acceptors (Lipinski definition) is 4. The monoisotopic (exact) mass is 275 g/mol. The number of nitrogens with zero attached hydrogens (tertiary/aromatic N) is 1. The molecule has 0 radical (unpaired) electrons. The van der Waals surface area contributed by atoms with E-state index in [4.69, 9.17) is 5.73 Å². The number of hydrogen-bond donors (Lipinski definition) is 3. The van der Waals surface area contributed by atoms with Gasteiger partial charge in [0, 0.05) is 37.8 Å². The molecule has 2 rings (SSSR count). The first kappa shape index (κ1) is 14.0. The van der Waals surface area contributed by atoms with E-state index in [1.807, 2.05) is 0 Å². The summed E-state index contributed by atoms with van der Waals surface area (Å²) in [5, 5.41) is 12.9. The molecule has 1 aliphatic heterocycles. The summed E-state index contributed by atoms with van der Waals surface area (Å²) in [4.78, 5) is 1.52. The fraction of sp³-hybridized carbons (Fsp3) is 0.500. The van der Waals surface area contributed by atoms with Gasteiger partial charge in [-0.15, -0.1) is 0 Å². The predicted octanol–water partition coefficient (Wildman–Crippen LogP) is 1.32. The van der Waals surface area contributed by atoms with Crippen LogP contribution in [0.3, 0.4) is 0 Å². The number of phenols is 1. The quantitative estimate of drug-likeness (QED) is 0.575. The highest BCUT2D eigenvalue weighted by atomic mass is 19.3. The first-order chi connectivity index (χ1) is 9.00. The normalized spacial score (nSPS) is 18.7. The van der Waals surface area contributed by atoms with Gasteiger partial charge in [-0.2, -0.15) is 0 Å². The first-order valence-corrected chi connectivity index (χ1v) is 6.01. The molecule has 0 amide bonds. The highest BCUT2D eigenvalue weighted by Crippen LogP contribution is 2.37. The Morgan fingerprint density at radius 2 is 1.89 bits per heavy atom. The number of benzene rings is 1. The SMILES string of the molecule is Nc1cc(F)cc([C@@H](C(F)F)N2CCNCC2)c1O. The number of rotatable bonds is 3. The number of alkyl halides is 2. The molecule has 4 N–H and O–H groups in total. The molecular formula is C12H16F3N3O. The average Bonchev–Trinajstić information content (AvgIpc) is 2.36. The second-order valence-electron chi connectivity index (χ2n) is 4.50. The van der Waals surface area contributed by atoms with Gasteiger partial charge in [0.25, 0.3) is 6.43 Å². The third-order valence-electron chi connectivity index (χ3n) is 3.24. The van der Waals surface area contributed by atoms with E-state index in [0.29, 0.717) is 26.2 Å². The van der Waals surface area contributed by atoms with Crippen molar-refractivity contribution in [2.45, 2.75) is 12.5 Å². The van der Waals surface area contributed by atoms with Crippen molar-refractivity contribution in [1.82, 2.24) is 10.2 Å². The average molecular weight is 275 g/mol. The van der Waals surface area contributed by atoms with Crippen molar-refractivity contribution in [3.8, 4) is 5.75 Å². The molecule has 19 heavy (non-hydrogen) atoms. The lowest BCUT2D eigenvalue weighted by Gasteiger charge is -2.35. The molecule has 0 saturated carbocycles. The Morgan fingerprint density at radius 1 is 1.26 bits per heavy atom. The van der Waals surface area contributed by atoms with Crippen molar-refractivity contribution < 1.29 is 18.3 Å². The Kier molecular flexibility index (Phi) is 4.16. The Bertz CT molecular complexity index is 450. The molecule has 106 valence electrons. The van der Waals surface area contributed by atoms with Gasteiger partial charge >= 0.3 is 0 Å². The molecule has 4 nitrogen and oxygen atoms in total. The molecular weight excluding hydrogens is 259 g/mol. The zero-order valence-corrected chi connectivity index (χ0v) is 10.2. The fourth-order valence-corrected chi connectivity index (χ4v) is 2.32. The summed E-state index contributed by atoms with van der Waals surface area (Å²) in [7, 11) is 0. The lowest BCUT2D eigenvalue weighted by molar-refractivity contribution is 0.0169. The van der Waals surface area contributed by atoms with Gasteiger partial charge in [0.15, 0.2) is 0 Å². The third kappa shape index (κ3) is 2.93. The molecule has 0 spiro atoms. The van der Waals surface area contributed by atoms with Gasteiger partial charge in [0.2, 0.25) is 0 Å². The Balaban J connectivity index is 2.38.